The largest absolute Gasteiger partial charge is 0.326 e. The van der Waals surface area contributed by atoms with Crippen molar-refractivity contribution in [3.8, 4) is 17.2 Å². The van der Waals surface area contributed by atoms with Gasteiger partial charge in [0.15, 0.2) is 11.6 Å². The summed E-state index contributed by atoms with van der Waals surface area (Å²) < 4.78 is 1.73. The first-order valence-electron chi connectivity index (χ1n) is 7.28. The van der Waals surface area contributed by atoms with Crippen LogP contribution in [0.15, 0.2) is 42.6 Å². The minimum Gasteiger partial charge on any atom is -0.326 e. The normalized spacial score (nSPS) is 10.6. The van der Waals surface area contributed by atoms with Crippen molar-refractivity contribution in [1.82, 2.24) is 19.7 Å². The Bertz CT molecular complexity index is 869. The Morgan fingerprint density at radius 3 is 2.74 bits per heavy atom. The molecule has 0 aliphatic rings. The lowest BCUT2D eigenvalue weighted by Crippen LogP contribution is -2.07. The van der Waals surface area contributed by atoms with Gasteiger partial charge in [-0.05, 0) is 37.6 Å². The Labute approximate surface area is 134 Å². The molecule has 0 aliphatic carbocycles. The molecule has 3 aromatic rings. The van der Waals surface area contributed by atoms with Gasteiger partial charge in [0.05, 0.1) is 0 Å². The van der Waals surface area contributed by atoms with E-state index in [-0.39, 0.29) is 5.91 Å². The molecule has 0 atom stereocenters. The van der Waals surface area contributed by atoms with Crippen LogP contribution in [0.25, 0.3) is 17.2 Å². The van der Waals surface area contributed by atoms with E-state index in [1.807, 2.05) is 50.2 Å². The van der Waals surface area contributed by atoms with Crippen LogP contribution < -0.4 is 5.32 Å². The maximum atomic E-state index is 11.2. The van der Waals surface area contributed by atoms with E-state index in [0.29, 0.717) is 11.6 Å². The molecule has 2 heterocycles. The summed E-state index contributed by atoms with van der Waals surface area (Å²) in [6, 6.07) is 11.4. The Morgan fingerprint density at radius 2 is 2.00 bits per heavy atom. The summed E-state index contributed by atoms with van der Waals surface area (Å²) in [4.78, 5) is 20.2. The van der Waals surface area contributed by atoms with Gasteiger partial charge in [0.2, 0.25) is 5.91 Å². The molecule has 6 nitrogen and oxygen atoms in total. The predicted octanol–water partition coefficient (Wildman–Crippen LogP) is 2.90. The highest BCUT2D eigenvalue weighted by molar-refractivity contribution is 5.89. The van der Waals surface area contributed by atoms with E-state index in [2.05, 4.69) is 20.4 Å². The van der Waals surface area contributed by atoms with E-state index in [1.54, 1.807) is 10.9 Å². The lowest BCUT2D eigenvalue weighted by Gasteiger charge is -2.09. The molecule has 23 heavy (non-hydrogen) atoms. The van der Waals surface area contributed by atoms with Crippen molar-refractivity contribution in [1.29, 1.82) is 0 Å². The number of hydrogen-bond donors (Lipinski definition) is 1. The quantitative estimate of drug-likeness (QED) is 0.807. The number of nitrogens with one attached hydrogen (secondary N) is 1. The van der Waals surface area contributed by atoms with Gasteiger partial charge in [-0.1, -0.05) is 18.2 Å². The molecule has 1 N–H and O–H groups in total. The Hall–Kier alpha value is -3.02. The van der Waals surface area contributed by atoms with Gasteiger partial charge in [0.1, 0.15) is 5.82 Å². The van der Waals surface area contributed by atoms with Crippen LogP contribution in [-0.4, -0.2) is 25.7 Å². The molecule has 1 aromatic carbocycles. The van der Waals surface area contributed by atoms with Gasteiger partial charge in [0.25, 0.3) is 0 Å². The van der Waals surface area contributed by atoms with Gasteiger partial charge in [-0.3, -0.25) is 4.79 Å². The van der Waals surface area contributed by atoms with Gasteiger partial charge >= 0.3 is 0 Å². The van der Waals surface area contributed by atoms with Crippen LogP contribution in [0.2, 0.25) is 0 Å². The standard InChI is InChI=1S/C17H17N5O/c1-11-6-5-9-18-16(11)22-17(19-12(2)21-22)14-7-4-8-15(10-14)20-13(3)23/h4-10H,1-3H3,(H,20,23). The lowest BCUT2D eigenvalue weighted by molar-refractivity contribution is -0.114. The van der Waals surface area contributed by atoms with Crippen molar-refractivity contribution >= 4 is 11.6 Å². The topological polar surface area (TPSA) is 72.7 Å². The summed E-state index contributed by atoms with van der Waals surface area (Å²) in [7, 11) is 0. The summed E-state index contributed by atoms with van der Waals surface area (Å²) in [6.07, 6.45) is 1.73. The number of pyridine rings is 1. The third kappa shape index (κ3) is 3.11. The first-order valence-corrected chi connectivity index (χ1v) is 7.28. The van der Waals surface area contributed by atoms with E-state index in [0.717, 1.165) is 22.6 Å². The molecule has 0 aliphatic heterocycles. The molecule has 2 aromatic heterocycles. The smallest absolute Gasteiger partial charge is 0.221 e. The molecule has 0 bridgehead atoms. The average Bonchev–Trinajstić information content (AvgIpc) is 2.89. The number of aromatic nitrogens is 4. The van der Waals surface area contributed by atoms with E-state index >= 15 is 0 Å². The lowest BCUT2D eigenvalue weighted by atomic mass is 10.2. The number of aryl methyl sites for hydroxylation is 2. The first-order chi connectivity index (χ1) is 11.0. The zero-order chi connectivity index (χ0) is 16.4. The second-order valence-electron chi connectivity index (χ2n) is 5.30. The van der Waals surface area contributed by atoms with Crippen molar-refractivity contribution in [2.45, 2.75) is 20.8 Å². The Morgan fingerprint density at radius 1 is 1.17 bits per heavy atom. The molecule has 116 valence electrons. The van der Waals surface area contributed by atoms with Crippen LogP contribution >= 0.6 is 0 Å². The molecule has 0 saturated heterocycles. The monoisotopic (exact) mass is 307 g/mol. The Kier molecular flexibility index (Phi) is 3.89. The Balaban J connectivity index is 2.11. The molecule has 0 saturated carbocycles. The van der Waals surface area contributed by atoms with Crippen molar-refractivity contribution in [3.63, 3.8) is 0 Å². The third-order valence-corrected chi connectivity index (χ3v) is 3.34. The average molecular weight is 307 g/mol. The number of amides is 1. The van der Waals surface area contributed by atoms with Crippen LogP contribution in [0.5, 0.6) is 0 Å². The van der Waals surface area contributed by atoms with Crippen molar-refractivity contribution in [2.24, 2.45) is 0 Å². The molecule has 6 heteroatoms. The van der Waals surface area contributed by atoms with E-state index in [4.69, 9.17) is 0 Å². The zero-order valence-electron chi connectivity index (χ0n) is 13.2. The molecule has 0 fully saturated rings. The maximum absolute atomic E-state index is 11.2. The molecular weight excluding hydrogens is 290 g/mol. The molecular formula is C17H17N5O. The molecule has 3 rings (SSSR count). The first kappa shape index (κ1) is 14.9. The van der Waals surface area contributed by atoms with Gasteiger partial charge in [-0.15, -0.1) is 5.10 Å². The number of hydrogen-bond acceptors (Lipinski definition) is 4. The van der Waals surface area contributed by atoms with Gasteiger partial charge in [0, 0.05) is 24.4 Å². The van der Waals surface area contributed by atoms with Gasteiger partial charge < -0.3 is 5.32 Å². The van der Waals surface area contributed by atoms with Crippen LogP contribution in [0.1, 0.15) is 18.3 Å². The van der Waals surface area contributed by atoms with E-state index in [1.165, 1.54) is 6.92 Å². The molecule has 0 spiro atoms. The molecule has 0 radical (unpaired) electrons. The third-order valence-electron chi connectivity index (χ3n) is 3.34. The summed E-state index contributed by atoms with van der Waals surface area (Å²) >= 11 is 0. The maximum Gasteiger partial charge on any atom is 0.221 e. The SMILES string of the molecule is CC(=O)Nc1cccc(-c2nc(C)nn2-c2ncccc2C)c1. The van der Waals surface area contributed by atoms with Crippen molar-refractivity contribution in [3.05, 3.63) is 54.0 Å². The fourth-order valence-corrected chi connectivity index (χ4v) is 2.39. The number of anilines is 1. The summed E-state index contributed by atoms with van der Waals surface area (Å²) in [5, 5.41) is 7.24. The molecule has 0 unspecified atom stereocenters. The summed E-state index contributed by atoms with van der Waals surface area (Å²) in [6.45, 7) is 5.31. The van der Waals surface area contributed by atoms with Crippen LogP contribution in [0.4, 0.5) is 5.69 Å². The second-order valence-corrected chi connectivity index (χ2v) is 5.30. The van der Waals surface area contributed by atoms with Gasteiger partial charge in [-0.25, -0.2) is 9.97 Å². The fraction of sp³-hybridized carbons (Fsp3) is 0.176. The number of nitrogens with zero attached hydrogens (tertiary/aromatic N) is 4. The van der Waals surface area contributed by atoms with Crippen LogP contribution in [0, 0.1) is 13.8 Å². The summed E-state index contributed by atoms with van der Waals surface area (Å²) in [5.41, 5.74) is 2.60. The summed E-state index contributed by atoms with van der Waals surface area (Å²) in [5.74, 6) is 1.99. The van der Waals surface area contributed by atoms with Crippen LogP contribution in [-0.2, 0) is 4.79 Å². The highest BCUT2D eigenvalue weighted by Crippen LogP contribution is 2.24. The second kappa shape index (κ2) is 6.00. The van der Waals surface area contributed by atoms with Crippen LogP contribution in [0.3, 0.4) is 0 Å². The molecule has 1 amide bonds. The van der Waals surface area contributed by atoms with Crippen molar-refractivity contribution < 1.29 is 4.79 Å². The minimum atomic E-state index is -0.111. The number of benzene rings is 1. The predicted molar refractivity (Wildman–Crippen MR) is 88.4 cm³/mol. The van der Waals surface area contributed by atoms with Gasteiger partial charge in [-0.2, -0.15) is 4.68 Å². The zero-order valence-corrected chi connectivity index (χ0v) is 13.2. The number of rotatable bonds is 3. The van der Waals surface area contributed by atoms with E-state index in [9.17, 15) is 4.79 Å². The fourth-order valence-electron chi connectivity index (χ4n) is 2.39. The number of carbonyl (C=O) groups is 1. The van der Waals surface area contributed by atoms with E-state index < -0.39 is 0 Å². The van der Waals surface area contributed by atoms with Crippen molar-refractivity contribution in [2.75, 3.05) is 5.32 Å². The number of carbonyl (C=O) groups excluding carboxylic acids is 1. The highest BCUT2D eigenvalue weighted by atomic mass is 16.1. The minimum absolute atomic E-state index is 0.111. The highest BCUT2D eigenvalue weighted by Gasteiger charge is 2.14.